The van der Waals surface area contributed by atoms with Crippen molar-refractivity contribution >= 4 is 43.1 Å². The number of hydrogen-bond acceptors (Lipinski definition) is 6. The molecule has 0 saturated heterocycles. The maximum atomic E-state index is 12.7. The third-order valence-electron chi connectivity index (χ3n) is 5.11. The normalized spacial score (nSPS) is 11.5. The summed E-state index contributed by atoms with van der Waals surface area (Å²) in [6, 6.07) is 23.1. The van der Waals surface area contributed by atoms with E-state index in [1.54, 1.807) is 43.3 Å². The zero-order valence-electron chi connectivity index (χ0n) is 19.0. The lowest BCUT2D eigenvalue weighted by atomic mass is 10.1. The van der Waals surface area contributed by atoms with Gasteiger partial charge in [0.2, 0.25) is 0 Å². The number of nitrogens with one attached hydrogen (secondary N) is 3. The molecule has 1 aromatic heterocycles. The minimum atomic E-state index is -3.84. The fourth-order valence-electron chi connectivity index (χ4n) is 3.26. The van der Waals surface area contributed by atoms with Gasteiger partial charge in [-0.2, -0.15) is 0 Å². The predicted octanol–water partition coefficient (Wildman–Crippen LogP) is 4.24. The zero-order chi connectivity index (χ0) is 25.8. The molecule has 0 unspecified atom stereocenters. The summed E-state index contributed by atoms with van der Waals surface area (Å²) in [5.74, 6) is -0.238. The Labute approximate surface area is 209 Å². The molecule has 0 aliphatic rings. The molecule has 3 aromatic carbocycles. The highest BCUT2D eigenvalue weighted by Crippen LogP contribution is 2.22. The smallest absolute Gasteiger partial charge is 0.263 e. The number of pyridine rings is 1. The predicted molar refractivity (Wildman–Crippen MR) is 138 cm³/mol. The van der Waals surface area contributed by atoms with Crippen LogP contribution < -0.4 is 14.8 Å². The van der Waals surface area contributed by atoms with Gasteiger partial charge >= 0.3 is 0 Å². The molecule has 11 heteroatoms. The highest BCUT2D eigenvalue weighted by atomic mass is 32.2. The summed E-state index contributed by atoms with van der Waals surface area (Å²) in [4.78, 5) is 16.8. The van der Waals surface area contributed by atoms with Crippen LogP contribution in [0, 0.1) is 6.92 Å². The van der Waals surface area contributed by atoms with E-state index >= 15 is 0 Å². The summed E-state index contributed by atoms with van der Waals surface area (Å²) in [5, 5.41) is 2.70. The van der Waals surface area contributed by atoms with Crippen molar-refractivity contribution in [1.29, 1.82) is 0 Å². The van der Waals surface area contributed by atoms with Crippen molar-refractivity contribution in [1.82, 2.24) is 4.98 Å². The van der Waals surface area contributed by atoms with Crippen LogP contribution in [0.3, 0.4) is 0 Å². The van der Waals surface area contributed by atoms with Gasteiger partial charge in [0, 0.05) is 17.4 Å². The van der Waals surface area contributed by atoms with Gasteiger partial charge in [0.25, 0.3) is 26.0 Å². The number of aryl methyl sites for hydroxylation is 1. The summed E-state index contributed by atoms with van der Waals surface area (Å²) in [7, 11) is -7.60. The van der Waals surface area contributed by atoms with Gasteiger partial charge in [-0.25, -0.2) is 21.8 Å². The molecule has 0 radical (unpaired) electrons. The van der Waals surface area contributed by atoms with Crippen LogP contribution >= 0.6 is 0 Å². The van der Waals surface area contributed by atoms with Crippen LogP contribution in [-0.2, 0) is 20.0 Å². The topological polar surface area (TPSA) is 134 Å². The molecule has 3 N–H and O–H groups in total. The van der Waals surface area contributed by atoms with Crippen molar-refractivity contribution in [3.63, 3.8) is 0 Å². The van der Waals surface area contributed by atoms with Crippen LogP contribution in [-0.4, -0.2) is 27.7 Å². The summed E-state index contributed by atoms with van der Waals surface area (Å²) < 4.78 is 55.1. The average Bonchev–Trinajstić information content (AvgIpc) is 2.86. The standard InChI is InChI=1S/C25H22N4O5S2/c1-18-17-19(10-15-23(18)28-35(31,32)21-7-3-2-4-8-21)25(30)27-20-11-13-22(14-12-20)36(33,34)29-24-9-5-6-16-26-24/h2-17,28H,1H3,(H,26,29)(H,27,30). The molecule has 1 amide bonds. The number of carbonyl (C=O) groups excluding carboxylic acids is 1. The molecular formula is C25H22N4O5S2. The first-order valence-electron chi connectivity index (χ1n) is 10.7. The van der Waals surface area contributed by atoms with Gasteiger partial charge in [-0.05, 0) is 79.2 Å². The summed E-state index contributed by atoms with van der Waals surface area (Å²) in [6.45, 7) is 1.69. The van der Waals surface area contributed by atoms with E-state index in [0.29, 0.717) is 22.5 Å². The maximum absolute atomic E-state index is 12.7. The van der Waals surface area contributed by atoms with Crippen molar-refractivity contribution in [3.05, 3.63) is 108 Å². The number of sulfonamides is 2. The van der Waals surface area contributed by atoms with E-state index in [4.69, 9.17) is 0 Å². The van der Waals surface area contributed by atoms with Crippen LogP contribution in [0.5, 0.6) is 0 Å². The first-order valence-corrected chi connectivity index (χ1v) is 13.6. The molecule has 0 saturated carbocycles. The number of benzene rings is 3. The van der Waals surface area contributed by atoms with Gasteiger partial charge in [0.15, 0.2) is 0 Å². The van der Waals surface area contributed by atoms with Gasteiger partial charge in [-0.15, -0.1) is 0 Å². The van der Waals surface area contributed by atoms with Crippen molar-refractivity contribution in [2.75, 3.05) is 14.8 Å². The highest BCUT2D eigenvalue weighted by Gasteiger charge is 2.17. The Morgan fingerprint density at radius 3 is 2.00 bits per heavy atom. The fraction of sp³-hybridized carbons (Fsp3) is 0.0400. The SMILES string of the molecule is Cc1cc(C(=O)Nc2ccc(S(=O)(=O)Nc3ccccn3)cc2)ccc1NS(=O)(=O)c1ccccc1. The molecular weight excluding hydrogens is 500 g/mol. The zero-order valence-corrected chi connectivity index (χ0v) is 20.7. The Bertz CT molecular complexity index is 1590. The minimum absolute atomic E-state index is 0.0112. The molecule has 184 valence electrons. The Hall–Kier alpha value is -4.22. The van der Waals surface area contributed by atoms with E-state index in [-0.39, 0.29) is 15.6 Å². The number of hydrogen-bond donors (Lipinski definition) is 3. The molecule has 36 heavy (non-hydrogen) atoms. The van der Waals surface area contributed by atoms with Gasteiger partial charge in [0.05, 0.1) is 15.5 Å². The molecule has 4 rings (SSSR count). The van der Waals surface area contributed by atoms with Crippen LogP contribution in [0.25, 0.3) is 0 Å². The number of rotatable bonds is 8. The summed E-state index contributed by atoms with van der Waals surface area (Å²) >= 11 is 0. The van der Waals surface area contributed by atoms with Crippen LogP contribution in [0.2, 0.25) is 0 Å². The Morgan fingerprint density at radius 1 is 0.722 bits per heavy atom. The lowest BCUT2D eigenvalue weighted by Crippen LogP contribution is -2.16. The number of amides is 1. The second kappa shape index (κ2) is 10.2. The molecule has 0 aliphatic heterocycles. The molecule has 0 bridgehead atoms. The first-order chi connectivity index (χ1) is 17.1. The fourth-order valence-corrected chi connectivity index (χ4v) is 5.42. The monoisotopic (exact) mass is 522 g/mol. The minimum Gasteiger partial charge on any atom is -0.322 e. The molecule has 0 aliphatic carbocycles. The third-order valence-corrected chi connectivity index (χ3v) is 7.86. The lowest BCUT2D eigenvalue weighted by molar-refractivity contribution is 0.102. The van der Waals surface area contributed by atoms with E-state index < -0.39 is 26.0 Å². The van der Waals surface area contributed by atoms with E-state index in [1.807, 2.05) is 0 Å². The number of anilines is 3. The largest absolute Gasteiger partial charge is 0.322 e. The first kappa shape index (κ1) is 24.9. The average molecular weight is 523 g/mol. The molecule has 9 nitrogen and oxygen atoms in total. The highest BCUT2D eigenvalue weighted by molar-refractivity contribution is 7.93. The Kier molecular flexibility index (Phi) is 7.04. The van der Waals surface area contributed by atoms with Crippen LogP contribution in [0.1, 0.15) is 15.9 Å². The lowest BCUT2D eigenvalue weighted by Gasteiger charge is -2.12. The number of nitrogens with zero attached hydrogens (tertiary/aromatic N) is 1. The molecule has 4 aromatic rings. The van der Waals surface area contributed by atoms with Gasteiger partial charge in [-0.1, -0.05) is 24.3 Å². The molecule has 1 heterocycles. The third kappa shape index (κ3) is 5.88. The van der Waals surface area contributed by atoms with E-state index in [2.05, 4.69) is 19.7 Å². The maximum Gasteiger partial charge on any atom is 0.263 e. The quantitative estimate of drug-likeness (QED) is 0.317. The van der Waals surface area contributed by atoms with Gasteiger partial charge in [-0.3, -0.25) is 14.2 Å². The van der Waals surface area contributed by atoms with Crippen molar-refractivity contribution < 1.29 is 21.6 Å². The van der Waals surface area contributed by atoms with Crippen LogP contribution in [0.4, 0.5) is 17.2 Å². The van der Waals surface area contributed by atoms with E-state index in [0.717, 1.165) is 0 Å². The van der Waals surface area contributed by atoms with Gasteiger partial charge < -0.3 is 5.32 Å². The number of aromatic nitrogens is 1. The molecule has 0 atom stereocenters. The Morgan fingerprint density at radius 2 is 1.36 bits per heavy atom. The molecule has 0 fully saturated rings. The van der Waals surface area contributed by atoms with E-state index in [9.17, 15) is 21.6 Å². The van der Waals surface area contributed by atoms with Crippen molar-refractivity contribution in [2.45, 2.75) is 16.7 Å². The molecule has 0 spiro atoms. The second-order valence-electron chi connectivity index (χ2n) is 7.75. The van der Waals surface area contributed by atoms with E-state index in [1.165, 1.54) is 60.8 Å². The van der Waals surface area contributed by atoms with Crippen LogP contribution in [0.15, 0.2) is 107 Å². The van der Waals surface area contributed by atoms with Crippen molar-refractivity contribution in [3.8, 4) is 0 Å². The number of carbonyl (C=O) groups is 1. The second-order valence-corrected chi connectivity index (χ2v) is 11.1. The summed E-state index contributed by atoms with van der Waals surface area (Å²) in [6.07, 6.45) is 1.48. The Balaban J connectivity index is 1.44. The van der Waals surface area contributed by atoms with Gasteiger partial charge in [0.1, 0.15) is 5.82 Å². The summed E-state index contributed by atoms with van der Waals surface area (Å²) in [5.41, 5.74) is 1.61. The van der Waals surface area contributed by atoms with Crippen molar-refractivity contribution in [2.24, 2.45) is 0 Å².